The Hall–Kier alpha value is -1.36. The fraction of sp³-hybridized carbons (Fsp3) is 0.625. The van der Waals surface area contributed by atoms with Gasteiger partial charge in [0.25, 0.3) is 0 Å². The van der Waals surface area contributed by atoms with Crippen molar-refractivity contribution in [1.29, 1.82) is 0 Å². The van der Waals surface area contributed by atoms with Gasteiger partial charge in [0.1, 0.15) is 0 Å². The number of hydrogen-bond donors (Lipinski definition) is 1. The van der Waals surface area contributed by atoms with Crippen LogP contribution in [-0.2, 0) is 9.59 Å². The summed E-state index contributed by atoms with van der Waals surface area (Å²) in [4.78, 5) is 27.1. The van der Waals surface area contributed by atoms with Gasteiger partial charge in [-0.3, -0.25) is 9.59 Å². The number of carbonyl (C=O) groups is 2. The molecule has 0 spiro atoms. The highest BCUT2D eigenvalue weighted by Gasteiger charge is 2.49. The van der Waals surface area contributed by atoms with Crippen molar-refractivity contribution >= 4 is 23.2 Å². The normalized spacial score (nSPS) is 32.0. The Morgan fingerprint density at radius 1 is 1.38 bits per heavy atom. The van der Waals surface area contributed by atoms with Crippen LogP contribution in [0.3, 0.4) is 0 Å². The molecular weight excluding hydrogens is 286 g/mol. The molecule has 0 aromatic carbocycles. The monoisotopic (exact) mass is 307 g/mol. The smallest absolute Gasteiger partial charge is 0.308 e. The fourth-order valence-corrected chi connectivity index (χ4v) is 4.63. The van der Waals surface area contributed by atoms with E-state index in [1.807, 2.05) is 11.8 Å². The highest BCUT2D eigenvalue weighted by molar-refractivity contribution is 7.10. The Morgan fingerprint density at radius 3 is 2.76 bits per heavy atom. The van der Waals surface area contributed by atoms with Gasteiger partial charge < -0.3 is 10.0 Å². The Labute approximate surface area is 128 Å². The summed E-state index contributed by atoms with van der Waals surface area (Å²) in [6.07, 6.45) is 2.39. The first-order valence-corrected chi connectivity index (χ1v) is 8.46. The molecule has 114 valence electrons. The van der Waals surface area contributed by atoms with E-state index in [9.17, 15) is 14.7 Å². The summed E-state index contributed by atoms with van der Waals surface area (Å²) >= 11 is 1.73. The van der Waals surface area contributed by atoms with Gasteiger partial charge in [0.05, 0.1) is 5.92 Å². The second-order valence-corrected chi connectivity index (χ2v) is 7.22. The van der Waals surface area contributed by atoms with Crippen LogP contribution in [0.4, 0.5) is 0 Å². The molecule has 21 heavy (non-hydrogen) atoms. The fourth-order valence-electron chi connectivity index (χ4n) is 3.52. The van der Waals surface area contributed by atoms with E-state index in [4.69, 9.17) is 0 Å². The van der Waals surface area contributed by atoms with Crippen LogP contribution in [0, 0.1) is 18.8 Å². The molecule has 1 aliphatic heterocycles. The first-order chi connectivity index (χ1) is 10.0. The summed E-state index contributed by atoms with van der Waals surface area (Å²) in [6.45, 7) is 4.68. The van der Waals surface area contributed by atoms with Gasteiger partial charge in [0.15, 0.2) is 0 Å². The predicted molar refractivity (Wildman–Crippen MR) is 81.4 cm³/mol. The SMILES string of the molecule is Cc1ccsc1C1CC1C(=O)N1CCC[C@@H](C(=O)O)[C@H]1C. The van der Waals surface area contributed by atoms with Crippen molar-refractivity contribution in [2.75, 3.05) is 6.54 Å². The molecule has 2 unspecified atom stereocenters. The standard InChI is InChI=1S/C16H21NO3S/c1-9-5-7-21-14(9)12-8-13(12)15(18)17-6-3-4-11(10(17)2)16(19)20/h5,7,10-13H,3-4,6,8H2,1-2H3,(H,19,20)/t10-,11-,12?,13?/m1/s1. The number of likely N-dealkylation sites (tertiary alicyclic amines) is 1. The van der Waals surface area contributed by atoms with E-state index in [0.717, 1.165) is 12.8 Å². The van der Waals surface area contributed by atoms with Crippen molar-refractivity contribution in [3.05, 3.63) is 21.9 Å². The zero-order valence-corrected chi connectivity index (χ0v) is 13.2. The molecule has 2 aliphatic rings. The number of carboxylic acid groups (broad SMARTS) is 1. The molecule has 4 atom stereocenters. The maximum atomic E-state index is 12.7. The van der Waals surface area contributed by atoms with Crippen molar-refractivity contribution in [3.8, 4) is 0 Å². The Bertz CT molecular complexity index is 568. The van der Waals surface area contributed by atoms with Crippen LogP contribution in [-0.4, -0.2) is 34.5 Å². The lowest BCUT2D eigenvalue weighted by atomic mass is 9.90. The molecule has 0 bridgehead atoms. The van der Waals surface area contributed by atoms with Crippen LogP contribution in [0.15, 0.2) is 11.4 Å². The second-order valence-electron chi connectivity index (χ2n) is 6.28. The number of carboxylic acids is 1. The zero-order chi connectivity index (χ0) is 15.1. The van der Waals surface area contributed by atoms with E-state index in [0.29, 0.717) is 18.9 Å². The summed E-state index contributed by atoms with van der Waals surface area (Å²) in [7, 11) is 0. The summed E-state index contributed by atoms with van der Waals surface area (Å²) in [5.74, 6) is -0.608. The first kappa shape index (κ1) is 14.6. The summed E-state index contributed by atoms with van der Waals surface area (Å²) in [5, 5.41) is 11.3. The quantitative estimate of drug-likeness (QED) is 0.934. The van der Waals surface area contributed by atoms with Crippen LogP contribution < -0.4 is 0 Å². The number of hydrogen-bond acceptors (Lipinski definition) is 3. The Balaban J connectivity index is 1.69. The Morgan fingerprint density at radius 2 is 2.14 bits per heavy atom. The molecule has 1 N–H and O–H groups in total. The van der Waals surface area contributed by atoms with E-state index in [1.54, 1.807) is 11.3 Å². The van der Waals surface area contributed by atoms with Crippen molar-refractivity contribution in [3.63, 3.8) is 0 Å². The molecule has 1 aliphatic carbocycles. The lowest BCUT2D eigenvalue weighted by molar-refractivity contribution is -0.149. The average Bonchev–Trinajstić information content (AvgIpc) is 3.12. The third kappa shape index (κ3) is 2.59. The number of nitrogens with zero attached hydrogens (tertiary/aromatic N) is 1. The molecular formula is C16H21NO3S. The minimum Gasteiger partial charge on any atom is -0.481 e. The van der Waals surface area contributed by atoms with Crippen LogP contribution in [0.25, 0.3) is 0 Å². The topological polar surface area (TPSA) is 57.6 Å². The summed E-state index contributed by atoms with van der Waals surface area (Å²) in [5.41, 5.74) is 1.27. The number of piperidine rings is 1. The van der Waals surface area contributed by atoms with Gasteiger partial charge in [-0.1, -0.05) is 0 Å². The van der Waals surface area contributed by atoms with E-state index >= 15 is 0 Å². The van der Waals surface area contributed by atoms with Gasteiger partial charge in [-0.15, -0.1) is 11.3 Å². The Kier molecular flexibility index (Phi) is 3.78. The highest BCUT2D eigenvalue weighted by Crippen LogP contribution is 2.51. The number of amides is 1. The molecule has 0 radical (unpaired) electrons. The van der Waals surface area contributed by atoms with Crippen LogP contribution >= 0.6 is 11.3 Å². The van der Waals surface area contributed by atoms with Crippen molar-refractivity contribution in [2.45, 2.75) is 45.1 Å². The van der Waals surface area contributed by atoms with Gasteiger partial charge in [0.2, 0.25) is 5.91 Å². The van der Waals surface area contributed by atoms with Gasteiger partial charge in [0, 0.05) is 29.3 Å². The van der Waals surface area contributed by atoms with Gasteiger partial charge in [-0.25, -0.2) is 0 Å². The zero-order valence-electron chi connectivity index (χ0n) is 12.4. The van der Waals surface area contributed by atoms with E-state index < -0.39 is 11.9 Å². The lowest BCUT2D eigenvalue weighted by Crippen LogP contribution is -2.49. The largest absolute Gasteiger partial charge is 0.481 e. The van der Waals surface area contributed by atoms with Gasteiger partial charge in [-0.05, 0) is 50.1 Å². The van der Waals surface area contributed by atoms with E-state index in [1.165, 1.54) is 10.4 Å². The number of carbonyl (C=O) groups excluding carboxylic acids is 1. The third-order valence-electron chi connectivity index (χ3n) is 4.93. The molecule has 1 aromatic heterocycles. The third-order valence-corrected chi connectivity index (χ3v) is 6.09. The molecule has 2 fully saturated rings. The molecule has 2 heterocycles. The molecule has 1 saturated carbocycles. The molecule has 3 rings (SSSR count). The minimum atomic E-state index is -0.776. The highest BCUT2D eigenvalue weighted by atomic mass is 32.1. The summed E-state index contributed by atoms with van der Waals surface area (Å²) < 4.78 is 0. The van der Waals surface area contributed by atoms with Crippen LogP contribution in [0.2, 0.25) is 0 Å². The van der Waals surface area contributed by atoms with Crippen LogP contribution in [0.5, 0.6) is 0 Å². The number of aliphatic carboxylic acids is 1. The number of aryl methyl sites for hydroxylation is 1. The van der Waals surface area contributed by atoms with Gasteiger partial charge in [-0.2, -0.15) is 0 Å². The van der Waals surface area contributed by atoms with Gasteiger partial charge >= 0.3 is 5.97 Å². The first-order valence-electron chi connectivity index (χ1n) is 7.58. The molecule has 4 nitrogen and oxygen atoms in total. The minimum absolute atomic E-state index is 0.0670. The maximum Gasteiger partial charge on any atom is 0.308 e. The van der Waals surface area contributed by atoms with E-state index in [2.05, 4.69) is 18.4 Å². The average molecular weight is 307 g/mol. The predicted octanol–water partition coefficient (Wildman–Crippen LogP) is 2.87. The van der Waals surface area contributed by atoms with Crippen molar-refractivity contribution in [1.82, 2.24) is 4.90 Å². The van der Waals surface area contributed by atoms with Crippen LogP contribution in [0.1, 0.15) is 42.5 Å². The molecule has 5 heteroatoms. The second kappa shape index (κ2) is 5.44. The summed E-state index contributed by atoms with van der Waals surface area (Å²) in [6, 6.07) is 1.92. The maximum absolute atomic E-state index is 12.7. The van der Waals surface area contributed by atoms with Crippen molar-refractivity contribution in [2.24, 2.45) is 11.8 Å². The molecule has 1 amide bonds. The number of rotatable bonds is 3. The number of thiophene rings is 1. The molecule has 1 aromatic rings. The van der Waals surface area contributed by atoms with E-state index in [-0.39, 0.29) is 17.9 Å². The lowest BCUT2D eigenvalue weighted by Gasteiger charge is -2.37. The molecule has 1 saturated heterocycles. The van der Waals surface area contributed by atoms with Crippen molar-refractivity contribution < 1.29 is 14.7 Å².